The van der Waals surface area contributed by atoms with Crippen molar-refractivity contribution in [2.45, 2.75) is 13.3 Å². The highest BCUT2D eigenvalue weighted by Gasteiger charge is 2.15. The molecule has 0 bridgehead atoms. The van der Waals surface area contributed by atoms with Gasteiger partial charge in [0.2, 0.25) is 0 Å². The number of aromatic carboxylic acids is 1. The summed E-state index contributed by atoms with van der Waals surface area (Å²) in [6.45, 7) is 2.84. The molecule has 0 unspecified atom stereocenters. The number of fused-ring (bicyclic) bond motifs is 1. The second-order valence-electron chi connectivity index (χ2n) is 3.29. The van der Waals surface area contributed by atoms with Gasteiger partial charge in [-0.2, -0.15) is 0 Å². The third-order valence-corrected chi connectivity index (χ3v) is 2.37. The molecule has 0 atom stereocenters. The first-order valence-corrected chi connectivity index (χ1v) is 4.86. The summed E-state index contributed by atoms with van der Waals surface area (Å²) < 4.78 is 10.7. The highest BCUT2D eigenvalue weighted by Crippen LogP contribution is 2.33. The van der Waals surface area contributed by atoms with Gasteiger partial charge in [-0.3, -0.25) is 0 Å². The van der Waals surface area contributed by atoms with Crippen LogP contribution in [0.1, 0.15) is 22.8 Å². The summed E-state index contributed by atoms with van der Waals surface area (Å²) >= 11 is 0. The number of ether oxygens (including phenoxy) is 2. The maximum absolute atomic E-state index is 10.9. The quantitative estimate of drug-likeness (QED) is 0.703. The number of carboxylic acid groups (broad SMARTS) is 1. The van der Waals surface area contributed by atoms with Crippen LogP contribution < -0.4 is 14.6 Å². The largest absolute Gasteiger partial charge is 0.545 e. The summed E-state index contributed by atoms with van der Waals surface area (Å²) in [6.07, 6.45) is 0.625. The number of hydrogen-bond acceptors (Lipinski definition) is 4. The van der Waals surface area contributed by atoms with Crippen LogP contribution in [-0.4, -0.2) is 19.2 Å². The van der Waals surface area contributed by atoms with Gasteiger partial charge < -0.3 is 19.4 Å². The summed E-state index contributed by atoms with van der Waals surface area (Å²) in [5, 5.41) is 10.9. The number of rotatable bonds is 2. The predicted molar refractivity (Wildman–Crippen MR) is 51.1 cm³/mol. The first-order chi connectivity index (χ1) is 7.22. The van der Waals surface area contributed by atoms with E-state index in [2.05, 4.69) is 0 Å². The molecule has 1 heterocycles. The monoisotopic (exact) mass is 207 g/mol. The van der Waals surface area contributed by atoms with Gasteiger partial charge in [0, 0.05) is 5.56 Å². The van der Waals surface area contributed by atoms with Gasteiger partial charge in [-0.25, -0.2) is 0 Å². The van der Waals surface area contributed by atoms with Gasteiger partial charge >= 0.3 is 0 Å². The Balaban J connectivity index is 2.51. The van der Waals surface area contributed by atoms with E-state index >= 15 is 0 Å². The fraction of sp³-hybridized carbons (Fsp3) is 0.364. The van der Waals surface area contributed by atoms with Crippen molar-refractivity contribution in [1.82, 2.24) is 0 Å². The van der Waals surface area contributed by atoms with E-state index in [4.69, 9.17) is 9.47 Å². The van der Waals surface area contributed by atoms with Crippen molar-refractivity contribution in [3.05, 3.63) is 23.3 Å². The van der Waals surface area contributed by atoms with Crippen LogP contribution in [0.25, 0.3) is 0 Å². The van der Waals surface area contributed by atoms with E-state index in [9.17, 15) is 9.90 Å². The molecule has 0 amide bonds. The lowest BCUT2D eigenvalue weighted by Gasteiger charge is -2.21. The zero-order valence-corrected chi connectivity index (χ0v) is 8.41. The van der Waals surface area contributed by atoms with E-state index in [0.29, 0.717) is 36.7 Å². The Labute approximate surface area is 87.4 Å². The molecule has 2 rings (SSSR count). The van der Waals surface area contributed by atoms with Crippen molar-refractivity contribution in [3.8, 4) is 11.5 Å². The molecule has 1 aliphatic heterocycles. The van der Waals surface area contributed by atoms with Gasteiger partial charge in [0.05, 0.1) is 5.97 Å². The molecule has 0 fully saturated rings. The molecule has 0 radical (unpaired) electrons. The average Bonchev–Trinajstić information content (AvgIpc) is 2.27. The number of aryl methyl sites for hydroxylation is 1. The summed E-state index contributed by atoms with van der Waals surface area (Å²) in [6, 6.07) is 3.18. The van der Waals surface area contributed by atoms with Crippen molar-refractivity contribution in [2.75, 3.05) is 13.2 Å². The third kappa shape index (κ3) is 1.75. The third-order valence-electron chi connectivity index (χ3n) is 2.37. The summed E-state index contributed by atoms with van der Waals surface area (Å²) in [7, 11) is 0. The van der Waals surface area contributed by atoms with Crippen LogP contribution in [0.3, 0.4) is 0 Å². The second-order valence-corrected chi connectivity index (χ2v) is 3.29. The van der Waals surface area contributed by atoms with Gasteiger partial charge in [-0.1, -0.05) is 6.92 Å². The van der Waals surface area contributed by atoms with E-state index in [0.717, 1.165) is 0 Å². The molecular weight excluding hydrogens is 196 g/mol. The van der Waals surface area contributed by atoms with Crippen molar-refractivity contribution in [2.24, 2.45) is 0 Å². The lowest BCUT2D eigenvalue weighted by atomic mass is 10.0. The van der Waals surface area contributed by atoms with Crippen LogP contribution in [0.2, 0.25) is 0 Å². The Morgan fingerprint density at radius 1 is 1.33 bits per heavy atom. The fourth-order valence-electron chi connectivity index (χ4n) is 1.61. The maximum atomic E-state index is 10.9. The highest BCUT2D eigenvalue weighted by molar-refractivity contribution is 5.88. The summed E-state index contributed by atoms with van der Waals surface area (Å²) in [5.41, 5.74) is 0.890. The predicted octanol–water partition coefficient (Wildman–Crippen LogP) is 0.384. The van der Waals surface area contributed by atoms with Gasteiger partial charge in [0.15, 0.2) is 11.5 Å². The molecule has 80 valence electrons. The van der Waals surface area contributed by atoms with E-state index < -0.39 is 5.97 Å². The van der Waals surface area contributed by atoms with Crippen LogP contribution in [0.4, 0.5) is 0 Å². The number of carboxylic acids is 1. The molecule has 0 aromatic heterocycles. The molecule has 0 spiro atoms. The van der Waals surface area contributed by atoms with Crippen LogP contribution in [0, 0.1) is 0 Å². The molecular formula is C11H11O4-. The van der Waals surface area contributed by atoms with Gasteiger partial charge in [-0.05, 0) is 24.1 Å². The lowest BCUT2D eigenvalue weighted by molar-refractivity contribution is -0.255. The van der Waals surface area contributed by atoms with E-state index in [1.807, 2.05) is 6.92 Å². The molecule has 15 heavy (non-hydrogen) atoms. The minimum absolute atomic E-state index is 0.182. The van der Waals surface area contributed by atoms with Crippen LogP contribution in [0.5, 0.6) is 11.5 Å². The molecule has 0 aliphatic carbocycles. The number of carbonyl (C=O) groups is 1. The minimum atomic E-state index is -1.18. The zero-order valence-electron chi connectivity index (χ0n) is 8.41. The topological polar surface area (TPSA) is 58.6 Å². The number of hydrogen-bond donors (Lipinski definition) is 0. The smallest absolute Gasteiger partial charge is 0.162 e. The van der Waals surface area contributed by atoms with Crippen molar-refractivity contribution in [1.29, 1.82) is 0 Å². The van der Waals surface area contributed by atoms with Crippen LogP contribution in [-0.2, 0) is 6.42 Å². The molecule has 1 aromatic carbocycles. The molecule has 1 aromatic rings. The van der Waals surface area contributed by atoms with Gasteiger partial charge in [-0.15, -0.1) is 0 Å². The lowest BCUT2D eigenvalue weighted by Crippen LogP contribution is -2.24. The Bertz CT molecular complexity index is 398. The molecule has 4 heteroatoms. The van der Waals surface area contributed by atoms with Gasteiger partial charge in [0.25, 0.3) is 0 Å². The van der Waals surface area contributed by atoms with Gasteiger partial charge in [0.1, 0.15) is 13.2 Å². The Morgan fingerprint density at radius 2 is 1.93 bits per heavy atom. The Hall–Kier alpha value is -1.71. The van der Waals surface area contributed by atoms with E-state index in [1.165, 1.54) is 6.07 Å². The van der Waals surface area contributed by atoms with E-state index in [1.54, 1.807) is 6.07 Å². The minimum Gasteiger partial charge on any atom is -0.545 e. The summed E-state index contributed by atoms with van der Waals surface area (Å²) in [5.74, 6) is -0.0791. The molecule has 0 saturated carbocycles. The second kappa shape index (κ2) is 3.81. The normalized spacial score (nSPS) is 13.7. The first-order valence-electron chi connectivity index (χ1n) is 4.86. The zero-order chi connectivity index (χ0) is 10.8. The molecule has 4 nitrogen and oxygen atoms in total. The SMILES string of the molecule is CCc1cc2c(cc1C(=O)[O-])OCCO2. The standard InChI is InChI=1S/C11H12O4/c1-2-7-5-9-10(15-4-3-14-9)6-8(7)11(12)13/h5-6H,2-4H2,1H3,(H,12,13)/p-1. The Morgan fingerprint density at radius 3 is 2.47 bits per heavy atom. The Kier molecular flexibility index (Phi) is 2.49. The molecule has 0 N–H and O–H groups in total. The van der Waals surface area contributed by atoms with Crippen LogP contribution in [0.15, 0.2) is 12.1 Å². The fourth-order valence-corrected chi connectivity index (χ4v) is 1.61. The number of benzene rings is 1. The number of carbonyl (C=O) groups excluding carboxylic acids is 1. The van der Waals surface area contributed by atoms with E-state index in [-0.39, 0.29) is 5.56 Å². The van der Waals surface area contributed by atoms with Crippen molar-refractivity contribution in [3.63, 3.8) is 0 Å². The molecule has 0 saturated heterocycles. The average molecular weight is 207 g/mol. The maximum Gasteiger partial charge on any atom is 0.162 e. The van der Waals surface area contributed by atoms with Crippen molar-refractivity contribution < 1.29 is 19.4 Å². The summed E-state index contributed by atoms with van der Waals surface area (Å²) in [4.78, 5) is 10.9. The molecule has 1 aliphatic rings. The van der Waals surface area contributed by atoms with Crippen LogP contribution >= 0.6 is 0 Å². The first kappa shape index (κ1) is 9.83. The highest BCUT2D eigenvalue weighted by atomic mass is 16.6. The van der Waals surface area contributed by atoms with Crippen molar-refractivity contribution >= 4 is 5.97 Å².